The van der Waals surface area contributed by atoms with Gasteiger partial charge in [0.05, 0.1) is 5.02 Å². The number of alkyl halides is 1. The number of hydrogen-bond donors (Lipinski definition) is 2. The van der Waals surface area contributed by atoms with E-state index in [0.29, 0.717) is 11.4 Å². The standard InChI is InChI=1S/C16H15Cl2NO2/c17-8-2-4-11-3-1-5-13(9-11)19-16(21)12-6-7-15(20)14(18)10-12/h1,3,5-7,9-10,20H,2,4,8H2,(H,19,21). The van der Waals surface area contributed by atoms with E-state index in [2.05, 4.69) is 5.32 Å². The Bertz CT molecular complexity index is 644. The van der Waals surface area contributed by atoms with Crippen LogP contribution in [-0.4, -0.2) is 16.9 Å². The number of carbonyl (C=O) groups is 1. The Hall–Kier alpha value is -1.71. The SMILES string of the molecule is O=C(Nc1cccc(CCCCl)c1)c1ccc(O)c(Cl)c1. The summed E-state index contributed by atoms with van der Waals surface area (Å²) < 4.78 is 0. The Morgan fingerprint density at radius 2 is 2.00 bits per heavy atom. The maximum atomic E-state index is 12.1. The summed E-state index contributed by atoms with van der Waals surface area (Å²) in [5.74, 6) is 0.297. The number of nitrogens with one attached hydrogen (secondary N) is 1. The molecule has 110 valence electrons. The van der Waals surface area contributed by atoms with Gasteiger partial charge in [0.1, 0.15) is 5.75 Å². The van der Waals surface area contributed by atoms with Crippen LogP contribution < -0.4 is 5.32 Å². The normalized spacial score (nSPS) is 10.4. The van der Waals surface area contributed by atoms with E-state index in [1.165, 1.54) is 18.2 Å². The van der Waals surface area contributed by atoms with E-state index in [9.17, 15) is 9.90 Å². The van der Waals surface area contributed by atoms with Gasteiger partial charge in [0.2, 0.25) is 0 Å². The molecule has 0 radical (unpaired) electrons. The van der Waals surface area contributed by atoms with Gasteiger partial charge in [-0.2, -0.15) is 0 Å². The number of phenols is 1. The predicted molar refractivity (Wildman–Crippen MR) is 86.6 cm³/mol. The van der Waals surface area contributed by atoms with Crippen molar-refractivity contribution in [2.45, 2.75) is 12.8 Å². The molecule has 2 aromatic rings. The summed E-state index contributed by atoms with van der Waals surface area (Å²) in [6.45, 7) is 0. The molecule has 0 aliphatic rings. The average Bonchev–Trinajstić information content (AvgIpc) is 2.48. The largest absolute Gasteiger partial charge is 0.506 e. The number of aromatic hydroxyl groups is 1. The number of aryl methyl sites for hydroxylation is 1. The van der Waals surface area contributed by atoms with Gasteiger partial charge in [-0.15, -0.1) is 11.6 Å². The minimum absolute atomic E-state index is 0.0451. The summed E-state index contributed by atoms with van der Waals surface area (Å²) >= 11 is 11.5. The Kier molecular flexibility index (Phi) is 5.48. The Morgan fingerprint density at radius 1 is 1.19 bits per heavy atom. The van der Waals surface area contributed by atoms with Gasteiger partial charge in [-0.3, -0.25) is 4.79 Å². The lowest BCUT2D eigenvalue weighted by Gasteiger charge is -2.08. The molecule has 0 saturated heterocycles. The molecule has 0 fully saturated rings. The number of carbonyl (C=O) groups excluding carboxylic acids is 1. The summed E-state index contributed by atoms with van der Waals surface area (Å²) in [5.41, 5.74) is 2.23. The molecule has 3 nitrogen and oxygen atoms in total. The van der Waals surface area contributed by atoms with Crippen LogP contribution in [-0.2, 0) is 6.42 Å². The predicted octanol–water partition coefficient (Wildman–Crippen LogP) is 4.47. The van der Waals surface area contributed by atoms with Gasteiger partial charge in [0, 0.05) is 17.1 Å². The Morgan fingerprint density at radius 3 is 2.71 bits per heavy atom. The number of amides is 1. The first-order valence-electron chi connectivity index (χ1n) is 6.55. The molecule has 0 atom stereocenters. The molecule has 0 aliphatic carbocycles. The summed E-state index contributed by atoms with van der Waals surface area (Å²) in [6.07, 6.45) is 1.77. The molecular formula is C16H15Cl2NO2. The Labute approximate surface area is 133 Å². The molecule has 0 saturated carbocycles. The number of halogens is 2. The second-order valence-electron chi connectivity index (χ2n) is 4.61. The minimum Gasteiger partial charge on any atom is -0.506 e. The molecule has 0 heterocycles. The number of anilines is 1. The van der Waals surface area contributed by atoms with E-state index in [1.807, 2.05) is 24.3 Å². The molecule has 21 heavy (non-hydrogen) atoms. The third-order valence-corrected chi connectivity index (χ3v) is 3.56. The van der Waals surface area contributed by atoms with Crippen molar-refractivity contribution < 1.29 is 9.90 Å². The smallest absolute Gasteiger partial charge is 0.255 e. The van der Waals surface area contributed by atoms with Crippen LogP contribution in [0.3, 0.4) is 0 Å². The van der Waals surface area contributed by atoms with E-state index in [4.69, 9.17) is 23.2 Å². The topological polar surface area (TPSA) is 49.3 Å². The third-order valence-electron chi connectivity index (χ3n) is 2.99. The first kappa shape index (κ1) is 15.7. The minimum atomic E-state index is -0.272. The van der Waals surface area contributed by atoms with Crippen molar-refractivity contribution in [2.24, 2.45) is 0 Å². The van der Waals surface area contributed by atoms with Crippen molar-refractivity contribution in [1.82, 2.24) is 0 Å². The van der Waals surface area contributed by atoms with Crippen molar-refractivity contribution >= 4 is 34.8 Å². The van der Waals surface area contributed by atoms with E-state index in [1.54, 1.807) is 0 Å². The second-order valence-corrected chi connectivity index (χ2v) is 5.40. The summed E-state index contributed by atoms with van der Waals surface area (Å²) in [6, 6.07) is 12.0. The van der Waals surface area contributed by atoms with Crippen LogP contribution in [0.2, 0.25) is 5.02 Å². The Balaban J connectivity index is 2.10. The molecule has 2 aromatic carbocycles. The first-order valence-corrected chi connectivity index (χ1v) is 7.46. The molecule has 1 amide bonds. The zero-order valence-corrected chi connectivity index (χ0v) is 12.8. The highest BCUT2D eigenvalue weighted by Gasteiger charge is 2.09. The fraction of sp³-hybridized carbons (Fsp3) is 0.188. The molecule has 0 aromatic heterocycles. The van der Waals surface area contributed by atoms with Crippen molar-refractivity contribution in [3.05, 3.63) is 58.6 Å². The molecule has 0 spiro atoms. The van der Waals surface area contributed by atoms with Crippen LogP contribution in [0, 0.1) is 0 Å². The summed E-state index contributed by atoms with van der Waals surface area (Å²) in [7, 11) is 0. The monoisotopic (exact) mass is 323 g/mol. The maximum absolute atomic E-state index is 12.1. The fourth-order valence-corrected chi connectivity index (χ4v) is 2.24. The van der Waals surface area contributed by atoms with Gasteiger partial charge in [-0.25, -0.2) is 0 Å². The van der Waals surface area contributed by atoms with E-state index >= 15 is 0 Å². The first-order chi connectivity index (χ1) is 10.1. The van der Waals surface area contributed by atoms with Gasteiger partial charge in [0.25, 0.3) is 5.91 Å². The van der Waals surface area contributed by atoms with Crippen LogP contribution in [0.5, 0.6) is 5.75 Å². The number of rotatable bonds is 5. The zero-order chi connectivity index (χ0) is 15.2. The van der Waals surface area contributed by atoms with Crippen LogP contribution in [0.15, 0.2) is 42.5 Å². The second kappa shape index (κ2) is 7.34. The quantitative estimate of drug-likeness (QED) is 0.797. The molecule has 0 unspecified atom stereocenters. The van der Waals surface area contributed by atoms with Crippen LogP contribution >= 0.6 is 23.2 Å². The average molecular weight is 324 g/mol. The summed E-state index contributed by atoms with van der Waals surface area (Å²) in [5, 5.41) is 12.3. The van der Waals surface area contributed by atoms with Crippen molar-refractivity contribution in [3.8, 4) is 5.75 Å². The van der Waals surface area contributed by atoms with Crippen molar-refractivity contribution in [3.63, 3.8) is 0 Å². The van der Waals surface area contributed by atoms with Gasteiger partial charge >= 0.3 is 0 Å². The van der Waals surface area contributed by atoms with E-state index in [0.717, 1.165) is 24.1 Å². The van der Waals surface area contributed by atoms with E-state index < -0.39 is 0 Å². The zero-order valence-electron chi connectivity index (χ0n) is 11.3. The van der Waals surface area contributed by atoms with Crippen molar-refractivity contribution in [2.75, 3.05) is 11.2 Å². The third kappa shape index (κ3) is 4.38. The molecule has 0 bridgehead atoms. The van der Waals surface area contributed by atoms with E-state index in [-0.39, 0.29) is 16.7 Å². The molecular weight excluding hydrogens is 309 g/mol. The lowest BCUT2D eigenvalue weighted by Crippen LogP contribution is -2.11. The lowest BCUT2D eigenvalue weighted by molar-refractivity contribution is 0.102. The van der Waals surface area contributed by atoms with Gasteiger partial charge in [-0.1, -0.05) is 23.7 Å². The number of phenolic OH excluding ortho intramolecular Hbond substituents is 1. The van der Waals surface area contributed by atoms with Crippen LogP contribution in [0.1, 0.15) is 22.3 Å². The highest BCUT2D eigenvalue weighted by molar-refractivity contribution is 6.32. The summed E-state index contributed by atoms with van der Waals surface area (Å²) in [4.78, 5) is 12.1. The van der Waals surface area contributed by atoms with Crippen LogP contribution in [0.25, 0.3) is 0 Å². The van der Waals surface area contributed by atoms with Crippen LogP contribution in [0.4, 0.5) is 5.69 Å². The maximum Gasteiger partial charge on any atom is 0.255 e. The number of benzene rings is 2. The molecule has 0 aliphatic heterocycles. The highest BCUT2D eigenvalue weighted by atomic mass is 35.5. The lowest BCUT2D eigenvalue weighted by atomic mass is 10.1. The fourth-order valence-electron chi connectivity index (χ4n) is 1.93. The van der Waals surface area contributed by atoms with Crippen molar-refractivity contribution in [1.29, 1.82) is 0 Å². The molecule has 5 heteroatoms. The molecule has 2 rings (SSSR count). The van der Waals surface area contributed by atoms with Gasteiger partial charge < -0.3 is 10.4 Å². The van der Waals surface area contributed by atoms with Gasteiger partial charge in [-0.05, 0) is 48.7 Å². The molecule has 2 N–H and O–H groups in total. The highest BCUT2D eigenvalue weighted by Crippen LogP contribution is 2.24. The van der Waals surface area contributed by atoms with Gasteiger partial charge in [0.15, 0.2) is 0 Å². The number of hydrogen-bond acceptors (Lipinski definition) is 2.